The second-order valence-electron chi connectivity index (χ2n) is 4.22. The Kier molecular flexibility index (Phi) is 6.15. The summed E-state index contributed by atoms with van der Waals surface area (Å²) in [4.78, 5) is 11.2. The highest BCUT2D eigenvalue weighted by atomic mass is 16.6. The molecule has 1 aromatic carbocycles. The van der Waals surface area contributed by atoms with Gasteiger partial charge < -0.3 is 19.9 Å². The number of carbonyl (C=O) groups is 1. The van der Waals surface area contributed by atoms with Crippen LogP contribution in [0, 0.1) is 0 Å². The third kappa shape index (κ3) is 4.79. The van der Waals surface area contributed by atoms with E-state index in [4.69, 9.17) is 15.2 Å². The number of ether oxygens (including phenoxy) is 3. The van der Waals surface area contributed by atoms with Crippen molar-refractivity contribution in [2.45, 2.75) is 26.3 Å². The molecule has 0 saturated carbocycles. The summed E-state index contributed by atoms with van der Waals surface area (Å²) in [5.41, 5.74) is 6.73. The minimum Gasteiger partial charge on any atom is -0.490 e. The molecule has 1 rings (SSSR count). The molecule has 0 amide bonds. The number of benzene rings is 1. The summed E-state index contributed by atoms with van der Waals surface area (Å²) < 4.78 is 15.6. The third-order valence-electron chi connectivity index (χ3n) is 2.46. The first-order valence-electron chi connectivity index (χ1n) is 6.28. The highest BCUT2D eigenvalue weighted by Gasteiger charge is 2.14. The van der Waals surface area contributed by atoms with Crippen molar-refractivity contribution >= 4 is 5.97 Å². The van der Waals surface area contributed by atoms with Crippen LogP contribution < -0.4 is 15.2 Å². The SMILES string of the molecule is CCOc1cccc(CC(C)N)c1OCC(=O)OC. The van der Waals surface area contributed by atoms with Crippen LogP contribution in [0.25, 0.3) is 0 Å². The molecule has 1 aromatic rings. The summed E-state index contributed by atoms with van der Waals surface area (Å²) in [6.07, 6.45) is 0.650. The topological polar surface area (TPSA) is 70.8 Å². The minimum absolute atomic E-state index is 0.00245. The van der Waals surface area contributed by atoms with Crippen LogP contribution in [0.4, 0.5) is 0 Å². The van der Waals surface area contributed by atoms with Crippen LogP contribution >= 0.6 is 0 Å². The van der Waals surface area contributed by atoms with Gasteiger partial charge in [0.05, 0.1) is 13.7 Å². The number of methoxy groups -OCH3 is 1. The van der Waals surface area contributed by atoms with Gasteiger partial charge >= 0.3 is 5.97 Å². The lowest BCUT2D eigenvalue weighted by Crippen LogP contribution is -2.19. The second-order valence-corrected chi connectivity index (χ2v) is 4.22. The Morgan fingerprint density at radius 3 is 2.68 bits per heavy atom. The molecule has 2 N–H and O–H groups in total. The number of carbonyl (C=O) groups excluding carboxylic acids is 1. The van der Waals surface area contributed by atoms with Crippen molar-refractivity contribution in [2.24, 2.45) is 5.73 Å². The van der Waals surface area contributed by atoms with Gasteiger partial charge in [-0.2, -0.15) is 0 Å². The molecule has 5 heteroatoms. The Hall–Kier alpha value is -1.75. The van der Waals surface area contributed by atoms with Gasteiger partial charge in [0.25, 0.3) is 0 Å². The maximum Gasteiger partial charge on any atom is 0.343 e. The van der Waals surface area contributed by atoms with Crippen molar-refractivity contribution in [3.63, 3.8) is 0 Å². The van der Waals surface area contributed by atoms with E-state index >= 15 is 0 Å². The van der Waals surface area contributed by atoms with Gasteiger partial charge in [-0.3, -0.25) is 0 Å². The Labute approximate surface area is 113 Å². The first-order chi connectivity index (χ1) is 9.08. The maximum atomic E-state index is 11.2. The summed E-state index contributed by atoms with van der Waals surface area (Å²) >= 11 is 0. The van der Waals surface area contributed by atoms with E-state index in [0.29, 0.717) is 24.5 Å². The number of hydrogen-bond acceptors (Lipinski definition) is 5. The Morgan fingerprint density at radius 2 is 2.11 bits per heavy atom. The standard InChI is InChI=1S/C14H21NO4/c1-4-18-12-7-5-6-11(8-10(2)15)14(12)19-9-13(16)17-3/h5-7,10H,4,8-9,15H2,1-3H3. The molecule has 0 aromatic heterocycles. The van der Waals surface area contributed by atoms with Crippen LogP contribution in [-0.4, -0.2) is 32.3 Å². The molecule has 0 bridgehead atoms. The van der Waals surface area contributed by atoms with Crippen molar-refractivity contribution < 1.29 is 19.0 Å². The predicted molar refractivity (Wildman–Crippen MR) is 72.5 cm³/mol. The molecule has 0 radical (unpaired) electrons. The van der Waals surface area contributed by atoms with Crippen LogP contribution in [0.15, 0.2) is 18.2 Å². The van der Waals surface area contributed by atoms with E-state index < -0.39 is 5.97 Å². The van der Waals surface area contributed by atoms with Crippen molar-refractivity contribution in [1.82, 2.24) is 0 Å². The highest BCUT2D eigenvalue weighted by molar-refractivity contribution is 5.71. The maximum absolute atomic E-state index is 11.2. The number of rotatable bonds is 7. The zero-order valence-corrected chi connectivity index (χ0v) is 11.6. The second kappa shape index (κ2) is 7.63. The van der Waals surface area contributed by atoms with Gasteiger partial charge in [0.1, 0.15) is 0 Å². The molecule has 0 fully saturated rings. The lowest BCUT2D eigenvalue weighted by molar-refractivity contribution is -0.142. The fraction of sp³-hybridized carbons (Fsp3) is 0.500. The number of nitrogens with two attached hydrogens (primary N) is 1. The molecule has 0 spiro atoms. The van der Waals surface area contributed by atoms with Gasteiger partial charge in [-0.25, -0.2) is 4.79 Å². The van der Waals surface area contributed by atoms with Crippen LogP contribution in [0.3, 0.4) is 0 Å². The van der Waals surface area contributed by atoms with E-state index in [1.165, 1.54) is 7.11 Å². The van der Waals surface area contributed by atoms with Gasteiger partial charge in [0.15, 0.2) is 18.1 Å². The van der Waals surface area contributed by atoms with E-state index in [2.05, 4.69) is 4.74 Å². The fourth-order valence-corrected chi connectivity index (χ4v) is 1.69. The quantitative estimate of drug-likeness (QED) is 0.758. The van der Waals surface area contributed by atoms with Gasteiger partial charge in [-0.05, 0) is 31.9 Å². The summed E-state index contributed by atoms with van der Waals surface area (Å²) in [6.45, 7) is 4.18. The molecule has 1 unspecified atom stereocenters. The van der Waals surface area contributed by atoms with E-state index in [-0.39, 0.29) is 12.6 Å². The van der Waals surface area contributed by atoms with Crippen molar-refractivity contribution in [2.75, 3.05) is 20.3 Å². The van der Waals surface area contributed by atoms with E-state index in [1.54, 1.807) is 6.07 Å². The Balaban J connectivity index is 2.95. The first-order valence-corrected chi connectivity index (χ1v) is 6.28. The smallest absolute Gasteiger partial charge is 0.343 e. The predicted octanol–water partition coefficient (Wildman–Crippen LogP) is 1.53. The zero-order chi connectivity index (χ0) is 14.3. The van der Waals surface area contributed by atoms with Crippen molar-refractivity contribution in [1.29, 1.82) is 0 Å². The average Bonchev–Trinajstić information content (AvgIpc) is 2.37. The van der Waals surface area contributed by atoms with Crippen molar-refractivity contribution in [3.05, 3.63) is 23.8 Å². The fourth-order valence-electron chi connectivity index (χ4n) is 1.69. The molecule has 1 atom stereocenters. The number of para-hydroxylation sites is 1. The number of esters is 1. The van der Waals surface area contributed by atoms with Gasteiger partial charge in [-0.15, -0.1) is 0 Å². The molecule has 0 aliphatic rings. The third-order valence-corrected chi connectivity index (χ3v) is 2.46. The molecule has 0 aliphatic heterocycles. The lowest BCUT2D eigenvalue weighted by Gasteiger charge is -2.16. The largest absolute Gasteiger partial charge is 0.490 e. The van der Waals surface area contributed by atoms with E-state index in [9.17, 15) is 4.79 Å². The molecule has 0 saturated heterocycles. The summed E-state index contributed by atoms with van der Waals surface area (Å²) in [5.74, 6) is 0.745. The van der Waals surface area contributed by atoms with Crippen LogP contribution in [-0.2, 0) is 16.0 Å². The molecule has 106 valence electrons. The molecule has 19 heavy (non-hydrogen) atoms. The summed E-state index contributed by atoms with van der Waals surface area (Å²) in [5, 5.41) is 0. The molecular weight excluding hydrogens is 246 g/mol. The van der Waals surface area contributed by atoms with Crippen LogP contribution in [0.1, 0.15) is 19.4 Å². The van der Waals surface area contributed by atoms with E-state index in [1.807, 2.05) is 26.0 Å². The first kappa shape index (κ1) is 15.3. The van der Waals surface area contributed by atoms with Gasteiger partial charge in [-0.1, -0.05) is 12.1 Å². The Morgan fingerprint density at radius 1 is 1.37 bits per heavy atom. The molecular formula is C14H21NO4. The van der Waals surface area contributed by atoms with Gasteiger partial charge in [0.2, 0.25) is 0 Å². The van der Waals surface area contributed by atoms with Gasteiger partial charge in [0, 0.05) is 6.04 Å². The van der Waals surface area contributed by atoms with Crippen LogP contribution in [0.5, 0.6) is 11.5 Å². The van der Waals surface area contributed by atoms with Crippen molar-refractivity contribution in [3.8, 4) is 11.5 Å². The zero-order valence-electron chi connectivity index (χ0n) is 11.6. The summed E-state index contributed by atoms with van der Waals surface area (Å²) in [7, 11) is 1.32. The minimum atomic E-state index is -0.432. The number of hydrogen-bond donors (Lipinski definition) is 1. The Bertz CT molecular complexity index is 418. The molecule has 0 aliphatic carbocycles. The lowest BCUT2D eigenvalue weighted by atomic mass is 10.1. The monoisotopic (exact) mass is 267 g/mol. The molecule has 0 heterocycles. The summed E-state index contributed by atoms with van der Waals surface area (Å²) in [6, 6.07) is 5.60. The highest BCUT2D eigenvalue weighted by Crippen LogP contribution is 2.32. The van der Waals surface area contributed by atoms with Crippen LogP contribution in [0.2, 0.25) is 0 Å². The average molecular weight is 267 g/mol. The molecule has 5 nitrogen and oxygen atoms in total. The normalized spacial score (nSPS) is 11.8. The van der Waals surface area contributed by atoms with E-state index in [0.717, 1.165) is 5.56 Å².